The topological polar surface area (TPSA) is 49.4 Å². The van der Waals surface area contributed by atoms with Gasteiger partial charge in [0.25, 0.3) is 0 Å². The van der Waals surface area contributed by atoms with Crippen LogP contribution >= 0.6 is 0 Å². The van der Waals surface area contributed by atoms with Gasteiger partial charge in [-0.3, -0.25) is 9.59 Å². The van der Waals surface area contributed by atoms with Crippen molar-refractivity contribution in [2.75, 3.05) is 19.6 Å². The fourth-order valence-electron chi connectivity index (χ4n) is 4.22. The minimum absolute atomic E-state index is 0.0604. The Balaban J connectivity index is 1.52. The molecule has 28 heavy (non-hydrogen) atoms. The van der Waals surface area contributed by atoms with E-state index in [-0.39, 0.29) is 23.7 Å². The molecule has 1 saturated heterocycles. The van der Waals surface area contributed by atoms with Crippen LogP contribution in [-0.4, -0.2) is 36.3 Å². The van der Waals surface area contributed by atoms with Gasteiger partial charge in [-0.05, 0) is 48.4 Å². The second kappa shape index (κ2) is 8.17. The first kappa shape index (κ1) is 18.7. The van der Waals surface area contributed by atoms with E-state index in [0.29, 0.717) is 26.1 Å². The molecule has 2 aliphatic rings. The van der Waals surface area contributed by atoms with Crippen LogP contribution in [0.5, 0.6) is 0 Å². The number of carbonyl (C=O) groups is 2. The zero-order chi connectivity index (χ0) is 19.5. The van der Waals surface area contributed by atoms with E-state index in [1.165, 1.54) is 16.7 Å². The number of carbonyl (C=O) groups excluding carboxylic acids is 2. The fourth-order valence-corrected chi connectivity index (χ4v) is 4.22. The summed E-state index contributed by atoms with van der Waals surface area (Å²) in [4.78, 5) is 27.2. The van der Waals surface area contributed by atoms with Crippen LogP contribution in [0.3, 0.4) is 0 Å². The second-order valence-electron chi connectivity index (χ2n) is 8.12. The van der Waals surface area contributed by atoms with E-state index in [1.807, 2.05) is 11.0 Å². The van der Waals surface area contributed by atoms with E-state index >= 15 is 0 Å². The highest BCUT2D eigenvalue weighted by Crippen LogP contribution is 2.29. The zero-order valence-electron chi connectivity index (χ0n) is 16.5. The number of nitrogens with zero attached hydrogens (tertiary/aromatic N) is 1. The average molecular weight is 377 g/mol. The van der Waals surface area contributed by atoms with E-state index in [9.17, 15) is 9.59 Å². The van der Waals surface area contributed by atoms with Crippen LogP contribution in [0.15, 0.2) is 48.5 Å². The normalized spacial score (nSPS) is 20.2. The van der Waals surface area contributed by atoms with Gasteiger partial charge in [-0.25, -0.2) is 0 Å². The van der Waals surface area contributed by atoms with Gasteiger partial charge in [-0.2, -0.15) is 0 Å². The Labute approximate surface area is 166 Å². The van der Waals surface area contributed by atoms with Crippen LogP contribution in [0.1, 0.15) is 30.4 Å². The number of benzene rings is 2. The van der Waals surface area contributed by atoms with E-state index in [4.69, 9.17) is 0 Å². The van der Waals surface area contributed by atoms with Crippen molar-refractivity contribution in [2.45, 2.75) is 32.6 Å². The summed E-state index contributed by atoms with van der Waals surface area (Å²) >= 11 is 0. The first-order valence-electron chi connectivity index (χ1n) is 10.3. The molecular weight excluding hydrogens is 348 g/mol. The van der Waals surface area contributed by atoms with E-state index in [0.717, 1.165) is 24.8 Å². The first-order chi connectivity index (χ1) is 13.6. The fraction of sp³-hybridized carbons (Fsp3) is 0.417. The van der Waals surface area contributed by atoms with Crippen molar-refractivity contribution in [3.63, 3.8) is 0 Å². The molecule has 2 aromatic carbocycles. The highest BCUT2D eigenvalue weighted by Gasteiger charge is 2.33. The van der Waals surface area contributed by atoms with Crippen molar-refractivity contribution in [2.24, 2.45) is 11.8 Å². The summed E-state index contributed by atoms with van der Waals surface area (Å²) < 4.78 is 0. The molecule has 146 valence electrons. The van der Waals surface area contributed by atoms with Gasteiger partial charge < -0.3 is 10.2 Å². The molecule has 0 unspecified atom stereocenters. The van der Waals surface area contributed by atoms with Crippen LogP contribution in [0.2, 0.25) is 0 Å². The van der Waals surface area contributed by atoms with Gasteiger partial charge in [0, 0.05) is 25.6 Å². The second-order valence-corrected chi connectivity index (χ2v) is 8.12. The summed E-state index contributed by atoms with van der Waals surface area (Å²) in [6, 6.07) is 16.8. The highest BCUT2D eigenvalue weighted by molar-refractivity contribution is 5.83. The molecule has 0 spiro atoms. The van der Waals surface area contributed by atoms with Gasteiger partial charge in [0.05, 0.1) is 5.92 Å². The number of hydrogen-bond donors (Lipinski definition) is 1. The van der Waals surface area contributed by atoms with Crippen LogP contribution in [0, 0.1) is 18.8 Å². The maximum atomic E-state index is 12.7. The maximum absolute atomic E-state index is 12.7. The summed E-state index contributed by atoms with van der Waals surface area (Å²) in [5.74, 6) is 0.281. The van der Waals surface area contributed by atoms with Crippen molar-refractivity contribution in [1.82, 2.24) is 10.2 Å². The van der Waals surface area contributed by atoms with E-state index in [2.05, 4.69) is 54.7 Å². The number of nitrogens with one attached hydrogen (secondary N) is 1. The Morgan fingerprint density at radius 3 is 2.71 bits per heavy atom. The van der Waals surface area contributed by atoms with Crippen LogP contribution in [0.4, 0.5) is 0 Å². The van der Waals surface area contributed by atoms with Crippen LogP contribution < -0.4 is 5.32 Å². The molecule has 1 N–H and O–H groups in total. The summed E-state index contributed by atoms with van der Waals surface area (Å²) in [6.45, 7) is 3.82. The largest absolute Gasteiger partial charge is 0.354 e. The quantitative estimate of drug-likeness (QED) is 0.887. The molecule has 4 rings (SSSR count). The number of rotatable bonds is 4. The molecule has 0 radical (unpaired) electrons. The summed E-state index contributed by atoms with van der Waals surface area (Å²) in [5, 5.41) is 3.00. The lowest BCUT2D eigenvalue weighted by Gasteiger charge is -2.31. The lowest BCUT2D eigenvalue weighted by Crippen LogP contribution is -2.42. The van der Waals surface area contributed by atoms with Gasteiger partial charge >= 0.3 is 0 Å². The molecular formula is C24H28N2O2. The Kier molecular flexibility index (Phi) is 5.47. The third kappa shape index (κ3) is 3.96. The SMILES string of the molecule is Cc1ccccc1-c1cccc(C[C@@H]2CN(C(=O)C3CCC3)CCNC2=O)c1. The molecule has 2 fully saturated rings. The van der Waals surface area contributed by atoms with Gasteiger partial charge in [0.2, 0.25) is 11.8 Å². The van der Waals surface area contributed by atoms with Gasteiger partial charge in [-0.15, -0.1) is 0 Å². The van der Waals surface area contributed by atoms with Gasteiger partial charge in [0.15, 0.2) is 0 Å². The third-order valence-electron chi connectivity index (χ3n) is 6.12. The van der Waals surface area contributed by atoms with Crippen molar-refractivity contribution >= 4 is 11.8 Å². The predicted octanol–water partition coefficient (Wildman–Crippen LogP) is 3.58. The summed E-state index contributed by atoms with van der Waals surface area (Å²) in [7, 11) is 0. The molecule has 1 aliphatic carbocycles. The highest BCUT2D eigenvalue weighted by atomic mass is 16.2. The molecule has 1 aliphatic heterocycles. The molecule has 0 aromatic heterocycles. The molecule has 2 amide bonds. The Bertz CT molecular complexity index is 872. The molecule has 4 nitrogen and oxygen atoms in total. The standard InChI is InChI=1S/C24H28N2O2/c1-17-6-2-3-11-22(17)20-10-4-7-18(14-20)15-21-16-26(13-12-25-23(21)27)24(28)19-8-5-9-19/h2-4,6-7,10-11,14,19,21H,5,8-9,12-13,15-16H2,1H3,(H,25,27)/t21-/m1/s1. The molecule has 1 heterocycles. The molecule has 2 aromatic rings. The van der Waals surface area contributed by atoms with Crippen molar-refractivity contribution in [3.8, 4) is 11.1 Å². The molecule has 4 heteroatoms. The number of amides is 2. The first-order valence-corrected chi connectivity index (χ1v) is 10.3. The minimum atomic E-state index is -0.196. The number of aryl methyl sites for hydroxylation is 1. The van der Waals surface area contributed by atoms with Gasteiger partial charge in [0.1, 0.15) is 0 Å². The monoisotopic (exact) mass is 376 g/mol. The smallest absolute Gasteiger partial charge is 0.225 e. The lowest BCUT2D eigenvalue weighted by atomic mass is 9.84. The van der Waals surface area contributed by atoms with Crippen molar-refractivity contribution in [3.05, 3.63) is 59.7 Å². The maximum Gasteiger partial charge on any atom is 0.225 e. The average Bonchev–Trinajstić information content (AvgIpc) is 2.83. The minimum Gasteiger partial charge on any atom is -0.354 e. The zero-order valence-corrected chi connectivity index (χ0v) is 16.5. The van der Waals surface area contributed by atoms with Crippen LogP contribution in [-0.2, 0) is 16.0 Å². The molecule has 1 atom stereocenters. The third-order valence-corrected chi connectivity index (χ3v) is 6.12. The summed E-state index contributed by atoms with van der Waals surface area (Å²) in [5.41, 5.74) is 4.77. The van der Waals surface area contributed by atoms with E-state index < -0.39 is 0 Å². The van der Waals surface area contributed by atoms with E-state index in [1.54, 1.807) is 0 Å². The Hall–Kier alpha value is -2.62. The molecule has 0 bridgehead atoms. The lowest BCUT2D eigenvalue weighted by molar-refractivity contribution is -0.138. The van der Waals surface area contributed by atoms with Crippen molar-refractivity contribution < 1.29 is 9.59 Å². The number of hydrogen-bond acceptors (Lipinski definition) is 2. The Morgan fingerprint density at radius 2 is 1.96 bits per heavy atom. The predicted molar refractivity (Wildman–Crippen MR) is 111 cm³/mol. The van der Waals surface area contributed by atoms with Crippen LogP contribution in [0.25, 0.3) is 11.1 Å². The summed E-state index contributed by atoms with van der Waals surface area (Å²) in [6.07, 6.45) is 3.80. The van der Waals surface area contributed by atoms with Gasteiger partial charge in [-0.1, -0.05) is 55.0 Å². The Morgan fingerprint density at radius 1 is 1.14 bits per heavy atom. The molecule has 1 saturated carbocycles. The van der Waals surface area contributed by atoms with Crippen molar-refractivity contribution in [1.29, 1.82) is 0 Å².